The predicted molar refractivity (Wildman–Crippen MR) is 64.8 cm³/mol. The fourth-order valence-electron chi connectivity index (χ4n) is 1.54. The summed E-state index contributed by atoms with van der Waals surface area (Å²) in [5.41, 5.74) is 1.16. The van der Waals surface area contributed by atoms with E-state index in [-0.39, 0.29) is 0 Å². The van der Waals surface area contributed by atoms with Gasteiger partial charge in [0.1, 0.15) is 5.16 Å². The Hall–Kier alpha value is -1.46. The number of nitrogens with zero attached hydrogens (tertiary/aromatic N) is 3. The van der Waals surface area contributed by atoms with Crippen LogP contribution in [-0.2, 0) is 7.05 Å². The average Bonchev–Trinajstić information content (AvgIpc) is 2.68. The van der Waals surface area contributed by atoms with Gasteiger partial charge < -0.3 is 9.88 Å². The number of rotatable bonds is 3. The Morgan fingerprint density at radius 3 is 3.00 bits per heavy atom. The lowest BCUT2D eigenvalue weighted by Gasteiger charge is -2.21. The van der Waals surface area contributed by atoms with Crippen molar-refractivity contribution < 1.29 is 0 Å². The molecule has 0 saturated carbocycles. The molecular formula is C10H14ClN5. The number of imidazole rings is 1. The maximum atomic E-state index is 5.93. The van der Waals surface area contributed by atoms with Gasteiger partial charge in [0.15, 0.2) is 0 Å². The van der Waals surface area contributed by atoms with Crippen molar-refractivity contribution in [1.82, 2.24) is 14.9 Å². The topological polar surface area (TPSA) is 59.1 Å². The smallest absolute Gasteiger partial charge is 0.219 e. The normalized spacial score (nSPS) is 15.2. The molecule has 3 N–H and O–H groups in total. The van der Waals surface area contributed by atoms with E-state index in [2.05, 4.69) is 10.3 Å². The van der Waals surface area contributed by atoms with Gasteiger partial charge in [0, 0.05) is 26.0 Å². The zero-order valence-electron chi connectivity index (χ0n) is 9.02. The number of aryl methyl sites for hydroxylation is 1. The van der Waals surface area contributed by atoms with Crippen LogP contribution in [0.3, 0.4) is 0 Å². The number of hydrogen-bond acceptors (Lipinski definition) is 4. The number of anilines is 1. The van der Waals surface area contributed by atoms with Crippen molar-refractivity contribution in [3.8, 4) is 0 Å². The van der Waals surface area contributed by atoms with Crippen LogP contribution in [0.25, 0.3) is 0 Å². The molecule has 0 amide bonds. The van der Waals surface area contributed by atoms with Crippen LogP contribution in [0, 0.1) is 0 Å². The Bertz CT molecular complexity index is 434. The van der Waals surface area contributed by atoms with Crippen LogP contribution in [0.5, 0.6) is 0 Å². The van der Waals surface area contributed by atoms with Crippen LogP contribution in [0.2, 0.25) is 0 Å². The maximum absolute atomic E-state index is 5.93. The molecular weight excluding hydrogens is 226 g/mol. The molecule has 1 aromatic rings. The summed E-state index contributed by atoms with van der Waals surface area (Å²) in [6.07, 6.45) is 7.38. The van der Waals surface area contributed by atoms with E-state index < -0.39 is 0 Å². The largest absolute Gasteiger partial charge is 0.372 e. The second-order valence-electron chi connectivity index (χ2n) is 3.66. The molecule has 5 nitrogen and oxygen atoms in total. The van der Waals surface area contributed by atoms with E-state index in [4.69, 9.17) is 17.4 Å². The van der Waals surface area contributed by atoms with Gasteiger partial charge in [0.05, 0.1) is 6.54 Å². The number of hydrazine groups is 1. The highest BCUT2D eigenvalue weighted by Gasteiger charge is 2.10. The summed E-state index contributed by atoms with van der Waals surface area (Å²) in [5.74, 6) is 6.67. The Kier molecular flexibility index (Phi) is 3.17. The minimum atomic E-state index is 0.624. The van der Waals surface area contributed by atoms with Gasteiger partial charge in [-0.3, -0.25) is 5.01 Å². The third-order valence-corrected chi connectivity index (χ3v) is 2.64. The van der Waals surface area contributed by atoms with Crippen LogP contribution in [-0.4, -0.2) is 22.6 Å². The molecule has 16 heavy (non-hydrogen) atoms. The number of aromatic nitrogens is 2. The Morgan fingerprint density at radius 2 is 2.44 bits per heavy atom. The van der Waals surface area contributed by atoms with Gasteiger partial charge in [-0.15, -0.1) is 0 Å². The van der Waals surface area contributed by atoms with Gasteiger partial charge in [0.25, 0.3) is 0 Å². The third kappa shape index (κ3) is 2.37. The number of dihydropyridines is 1. The van der Waals surface area contributed by atoms with Crippen molar-refractivity contribution in [2.75, 3.05) is 18.1 Å². The summed E-state index contributed by atoms with van der Waals surface area (Å²) < 4.78 is 1.87. The molecule has 0 unspecified atom stereocenters. The molecule has 2 rings (SSSR count). The molecule has 0 aromatic carbocycles. The first kappa shape index (κ1) is 11.0. The molecule has 0 aliphatic carbocycles. The summed E-state index contributed by atoms with van der Waals surface area (Å²) >= 11 is 5.79. The SMILES string of the molecule is Cn1ccnc1N(N)CC1=CC=C(Cl)NC1. The van der Waals surface area contributed by atoms with Crippen LogP contribution < -0.4 is 16.2 Å². The lowest BCUT2D eigenvalue weighted by atomic mass is 10.2. The molecule has 6 heteroatoms. The molecule has 0 fully saturated rings. The van der Waals surface area contributed by atoms with E-state index in [1.54, 1.807) is 11.2 Å². The fraction of sp³-hybridized carbons (Fsp3) is 0.300. The van der Waals surface area contributed by atoms with Crippen molar-refractivity contribution in [2.45, 2.75) is 0 Å². The lowest BCUT2D eigenvalue weighted by molar-refractivity contribution is 0.768. The minimum Gasteiger partial charge on any atom is -0.372 e. The molecule has 0 spiro atoms. The maximum Gasteiger partial charge on any atom is 0.219 e. The molecule has 0 atom stereocenters. The van der Waals surface area contributed by atoms with E-state index >= 15 is 0 Å². The van der Waals surface area contributed by atoms with Crippen LogP contribution in [0.1, 0.15) is 0 Å². The van der Waals surface area contributed by atoms with Gasteiger partial charge >= 0.3 is 0 Å². The number of hydrogen-bond donors (Lipinski definition) is 2. The molecule has 0 saturated heterocycles. The number of nitrogens with two attached hydrogens (primary N) is 1. The summed E-state index contributed by atoms with van der Waals surface area (Å²) in [7, 11) is 1.91. The van der Waals surface area contributed by atoms with Crippen LogP contribution in [0.15, 0.2) is 35.3 Å². The van der Waals surface area contributed by atoms with E-state index in [0.29, 0.717) is 18.2 Å². The summed E-state index contributed by atoms with van der Waals surface area (Å²) in [6, 6.07) is 0. The van der Waals surface area contributed by atoms with Crippen LogP contribution in [0.4, 0.5) is 5.95 Å². The molecule has 0 bridgehead atoms. The fourth-order valence-corrected chi connectivity index (χ4v) is 1.67. The number of nitrogens with one attached hydrogen (secondary N) is 1. The van der Waals surface area contributed by atoms with Gasteiger partial charge in [0.2, 0.25) is 5.95 Å². The van der Waals surface area contributed by atoms with Crippen molar-refractivity contribution in [1.29, 1.82) is 0 Å². The highest BCUT2D eigenvalue weighted by Crippen LogP contribution is 2.11. The van der Waals surface area contributed by atoms with Crippen molar-refractivity contribution in [3.63, 3.8) is 0 Å². The van der Waals surface area contributed by atoms with Crippen molar-refractivity contribution in [2.24, 2.45) is 12.9 Å². The summed E-state index contributed by atoms with van der Waals surface area (Å²) in [6.45, 7) is 1.34. The summed E-state index contributed by atoms with van der Waals surface area (Å²) in [5, 5.41) is 5.31. The zero-order chi connectivity index (χ0) is 11.5. The Labute approximate surface area is 99.2 Å². The lowest BCUT2D eigenvalue weighted by Crippen LogP contribution is -2.37. The Balaban J connectivity index is 2.03. The molecule has 2 heterocycles. The van der Waals surface area contributed by atoms with Gasteiger partial charge in [-0.2, -0.15) is 0 Å². The third-order valence-electron chi connectivity index (χ3n) is 2.38. The van der Waals surface area contributed by atoms with E-state index in [1.165, 1.54) is 0 Å². The van der Waals surface area contributed by atoms with E-state index in [9.17, 15) is 0 Å². The van der Waals surface area contributed by atoms with Gasteiger partial charge in [-0.1, -0.05) is 17.7 Å². The van der Waals surface area contributed by atoms with E-state index in [0.717, 1.165) is 11.5 Å². The standard InChI is InChI=1S/C10H14ClN5/c1-15-5-4-13-10(15)16(12)7-8-2-3-9(11)14-6-8/h2-5,14H,6-7,12H2,1H3. The molecule has 1 aromatic heterocycles. The molecule has 1 aliphatic heterocycles. The summed E-state index contributed by atoms with van der Waals surface area (Å²) in [4.78, 5) is 4.17. The number of halogens is 1. The average molecular weight is 240 g/mol. The van der Waals surface area contributed by atoms with E-state index in [1.807, 2.05) is 30.0 Å². The molecule has 1 aliphatic rings. The molecule has 0 radical (unpaired) electrons. The first-order valence-corrected chi connectivity index (χ1v) is 5.33. The predicted octanol–water partition coefficient (Wildman–Crippen LogP) is 0.710. The Morgan fingerprint density at radius 1 is 1.62 bits per heavy atom. The van der Waals surface area contributed by atoms with Gasteiger partial charge in [-0.25, -0.2) is 10.8 Å². The van der Waals surface area contributed by atoms with Crippen molar-refractivity contribution >= 4 is 17.5 Å². The minimum absolute atomic E-state index is 0.624. The highest BCUT2D eigenvalue weighted by atomic mass is 35.5. The first-order valence-electron chi connectivity index (χ1n) is 4.95. The first-order chi connectivity index (χ1) is 7.66. The number of allylic oxidation sites excluding steroid dienone is 2. The quantitative estimate of drug-likeness (QED) is 0.463. The molecule has 86 valence electrons. The zero-order valence-corrected chi connectivity index (χ0v) is 9.78. The van der Waals surface area contributed by atoms with Crippen molar-refractivity contribution in [3.05, 3.63) is 35.3 Å². The second-order valence-corrected chi connectivity index (χ2v) is 4.07. The highest BCUT2D eigenvalue weighted by molar-refractivity contribution is 6.29. The monoisotopic (exact) mass is 239 g/mol. The second kappa shape index (κ2) is 4.59. The van der Waals surface area contributed by atoms with Gasteiger partial charge in [-0.05, 0) is 11.6 Å². The van der Waals surface area contributed by atoms with Crippen LogP contribution >= 0.6 is 11.6 Å².